The molecule has 4 nitrogen and oxygen atoms in total. The van der Waals surface area contributed by atoms with Crippen LogP contribution in [0.5, 0.6) is 0 Å². The Morgan fingerprint density at radius 2 is 1.94 bits per heavy atom. The van der Waals surface area contributed by atoms with Crippen LogP contribution >= 0.6 is 11.6 Å². The summed E-state index contributed by atoms with van der Waals surface area (Å²) in [4.78, 5) is 15.4. The van der Waals surface area contributed by atoms with Crippen LogP contribution in [0.15, 0.2) is 36.5 Å². The molecule has 0 spiro atoms. The highest BCUT2D eigenvalue weighted by molar-refractivity contribution is 6.30. The summed E-state index contributed by atoms with van der Waals surface area (Å²) in [5, 5.41) is 0.658. The summed E-state index contributed by atoms with van der Waals surface area (Å²) in [5.74, 6) is -0.546. The zero-order chi connectivity index (χ0) is 13.1. The molecule has 0 fully saturated rings. The highest BCUT2D eigenvalue weighted by Crippen LogP contribution is 2.24. The highest BCUT2D eigenvalue weighted by atomic mass is 35.5. The number of pyridine rings is 1. The van der Waals surface area contributed by atoms with E-state index < -0.39 is 5.97 Å². The van der Waals surface area contributed by atoms with Gasteiger partial charge in [0.1, 0.15) is 0 Å². The Kier molecular flexibility index (Phi) is 3.48. The second kappa shape index (κ2) is 5.06. The van der Waals surface area contributed by atoms with Crippen LogP contribution in [0.2, 0.25) is 5.02 Å². The lowest BCUT2D eigenvalue weighted by Gasteiger charge is -2.06. The molecule has 0 amide bonds. The molecule has 1 aromatic carbocycles. The molecule has 0 bridgehead atoms. The first-order chi connectivity index (χ1) is 8.61. The van der Waals surface area contributed by atoms with Crippen LogP contribution in [0.25, 0.3) is 11.1 Å². The summed E-state index contributed by atoms with van der Waals surface area (Å²) < 4.78 is 4.58. The van der Waals surface area contributed by atoms with Crippen molar-refractivity contribution in [1.82, 2.24) is 4.98 Å². The standard InChI is InChI=1S/C13H11ClN2O2/c1-18-13(17)12-11(15)6-9(7-16-12)8-2-4-10(14)5-3-8/h2-7H,15H2,1H3. The van der Waals surface area contributed by atoms with Gasteiger partial charge in [-0.1, -0.05) is 23.7 Å². The normalized spacial score (nSPS) is 10.1. The van der Waals surface area contributed by atoms with E-state index in [1.54, 1.807) is 24.4 Å². The largest absolute Gasteiger partial charge is 0.464 e. The topological polar surface area (TPSA) is 65.2 Å². The van der Waals surface area contributed by atoms with Gasteiger partial charge in [0.25, 0.3) is 0 Å². The maximum atomic E-state index is 11.3. The van der Waals surface area contributed by atoms with Crippen molar-refractivity contribution in [2.45, 2.75) is 0 Å². The number of nitrogen functional groups attached to an aromatic ring is 1. The fourth-order valence-corrected chi connectivity index (χ4v) is 1.68. The monoisotopic (exact) mass is 262 g/mol. The van der Waals surface area contributed by atoms with E-state index in [9.17, 15) is 4.79 Å². The summed E-state index contributed by atoms with van der Waals surface area (Å²) in [7, 11) is 1.29. The van der Waals surface area contributed by atoms with Gasteiger partial charge in [0.15, 0.2) is 5.69 Å². The summed E-state index contributed by atoms with van der Waals surface area (Å²) in [6.07, 6.45) is 1.58. The third-order valence-electron chi connectivity index (χ3n) is 2.47. The third-order valence-corrected chi connectivity index (χ3v) is 2.73. The van der Waals surface area contributed by atoms with E-state index in [0.717, 1.165) is 11.1 Å². The molecule has 0 aliphatic rings. The number of esters is 1. The molecule has 2 N–H and O–H groups in total. The van der Waals surface area contributed by atoms with E-state index in [2.05, 4.69) is 9.72 Å². The van der Waals surface area contributed by atoms with E-state index in [-0.39, 0.29) is 11.4 Å². The van der Waals surface area contributed by atoms with Crippen molar-refractivity contribution in [3.63, 3.8) is 0 Å². The number of carbonyl (C=O) groups is 1. The van der Waals surface area contributed by atoms with E-state index in [0.29, 0.717) is 5.02 Å². The molecule has 2 rings (SSSR count). The van der Waals surface area contributed by atoms with Crippen molar-refractivity contribution < 1.29 is 9.53 Å². The number of aromatic nitrogens is 1. The number of carbonyl (C=O) groups excluding carboxylic acids is 1. The van der Waals surface area contributed by atoms with E-state index in [4.69, 9.17) is 17.3 Å². The Morgan fingerprint density at radius 3 is 2.50 bits per heavy atom. The molecule has 1 heterocycles. The van der Waals surface area contributed by atoms with Crippen LogP contribution < -0.4 is 5.73 Å². The lowest BCUT2D eigenvalue weighted by Crippen LogP contribution is -2.08. The molecule has 18 heavy (non-hydrogen) atoms. The summed E-state index contributed by atoms with van der Waals surface area (Å²) in [5.41, 5.74) is 7.93. The smallest absolute Gasteiger partial charge is 0.358 e. The Bertz CT molecular complexity index is 582. The molecule has 1 aromatic heterocycles. The summed E-state index contributed by atoms with van der Waals surface area (Å²) in [6, 6.07) is 8.96. The van der Waals surface area contributed by atoms with Crippen molar-refractivity contribution in [2.24, 2.45) is 0 Å². The molecule has 0 aliphatic carbocycles. The van der Waals surface area contributed by atoms with Crippen molar-refractivity contribution in [3.05, 3.63) is 47.2 Å². The number of nitrogens with two attached hydrogens (primary N) is 1. The zero-order valence-corrected chi connectivity index (χ0v) is 10.4. The number of methoxy groups -OCH3 is 1. The number of hydrogen-bond donors (Lipinski definition) is 1. The first-order valence-electron chi connectivity index (χ1n) is 5.21. The van der Waals surface area contributed by atoms with Crippen LogP contribution in [-0.2, 0) is 4.74 Å². The second-order valence-electron chi connectivity index (χ2n) is 3.66. The van der Waals surface area contributed by atoms with Gasteiger partial charge in [-0.05, 0) is 23.8 Å². The molecular weight excluding hydrogens is 252 g/mol. The van der Waals surface area contributed by atoms with Crippen LogP contribution in [0, 0.1) is 0 Å². The minimum Gasteiger partial charge on any atom is -0.464 e. The Hall–Kier alpha value is -2.07. The number of rotatable bonds is 2. The lowest BCUT2D eigenvalue weighted by molar-refractivity contribution is 0.0595. The fourth-order valence-electron chi connectivity index (χ4n) is 1.55. The van der Waals surface area contributed by atoms with Crippen LogP contribution in [0.3, 0.4) is 0 Å². The maximum absolute atomic E-state index is 11.3. The van der Waals surface area contributed by atoms with Crippen molar-refractivity contribution >= 4 is 23.3 Å². The van der Waals surface area contributed by atoms with Gasteiger partial charge < -0.3 is 10.5 Å². The molecule has 5 heteroatoms. The Labute approximate surface area is 109 Å². The molecule has 92 valence electrons. The number of benzene rings is 1. The Morgan fingerprint density at radius 1 is 1.28 bits per heavy atom. The quantitative estimate of drug-likeness (QED) is 0.845. The Balaban J connectivity index is 2.40. The fraction of sp³-hybridized carbons (Fsp3) is 0.0769. The number of nitrogens with zero attached hydrogens (tertiary/aromatic N) is 1. The first-order valence-corrected chi connectivity index (χ1v) is 5.59. The molecule has 0 saturated heterocycles. The molecule has 0 atom stereocenters. The number of hydrogen-bond acceptors (Lipinski definition) is 4. The van der Waals surface area contributed by atoms with E-state index >= 15 is 0 Å². The number of anilines is 1. The predicted octanol–water partition coefficient (Wildman–Crippen LogP) is 2.77. The van der Waals surface area contributed by atoms with Gasteiger partial charge in [0.2, 0.25) is 0 Å². The lowest BCUT2D eigenvalue weighted by atomic mass is 10.1. The average Bonchev–Trinajstić information content (AvgIpc) is 2.38. The highest BCUT2D eigenvalue weighted by Gasteiger charge is 2.12. The maximum Gasteiger partial charge on any atom is 0.358 e. The first kappa shape index (κ1) is 12.4. The summed E-state index contributed by atoms with van der Waals surface area (Å²) in [6.45, 7) is 0. The van der Waals surface area contributed by atoms with Gasteiger partial charge in [-0.3, -0.25) is 0 Å². The van der Waals surface area contributed by atoms with Gasteiger partial charge in [-0.25, -0.2) is 9.78 Å². The molecule has 2 aromatic rings. The minimum absolute atomic E-state index is 0.121. The van der Waals surface area contributed by atoms with Gasteiger partial charge in [0, 0.05) is 16.8 Å². The SMILES string of the molecule is COC(=O)c1ncc(-c2ccc(Cl)cc2)cc1N. The molecular formula is C13H11ClN2O2. The van der Waals surface area contributed by atoms with Crippen LogP contribution in [0.1, 0.15) is 10.5 Å². The number of ether oxygens (including phenoxy) is 1. The predicted molar refractivity (Wildman–Crippen MR) is 70.4 cm³/mol. The molecule has 0 radical (unpaired) electrons. The second-order valence-corrected chi connectivity index (χ2v) is 4.10. The third kappa shape index (κ3) is 2.43. The van der Waals surface area contributed by atoms with Crippen molar-refractivity contribution in [3.8, 4) is 11.1 Å². The van der Waals surface area contributed by atoms with Gasteiger partial charge in [-0.2, -0.15) is 0 Å². The number of halogens is 1. The van der Waals surface area contributed by atoms with Crippen LogP contribution in [-0.4, -0.2) is 18.1 Å². The van der Waals surface area contributed by atoms with E-state index in [1.165, 1.54) is 7.11 Å². The average molecular weight is 263 g/mol. The van der Waals surface area contributed by atoms with Gasteiger partial charge in [-0.15, -0.1) is 0 Å². The van der Waals surface area contributed by atoms with E-state index in [1.807, 2.05) is 12.1 Å². The molecule has 0 aliphatic heterocycles. The molecule has 0 saturated carbocycles. The zero-order valence-electron chi connectivity index (χ0n) is 9.68. The molecule has 0 unspecified atom stereocenters. The van der Waals surface area contributed by atoms with Gasteiger partial charge in [0.05, 0.1) is 12.8 Å². The summed E-state index contributed by atoms with van der Waals surface area (Å²) >= 11 is 5.81. The van der Waals surface area contributed by atoms with Crippen molar-refractivity contribution in [2.75, 3.05) is 12.8 Å². The van der Waals surface area contributed by atoms with Crippen molar-refractivity contribution in [1.29, 1.82) is 0 Å². The minimum atomic E-state index is -0.546. The van der Waals surface area contributed by atoms with Crippen LogP contribution in [0.4, 0.5) is 5.69 Å². The van der Waals surface area contributed by atoms with Gasteiger partial charge >= 0.3 is 5.97 Å².